The summed E-state index contributed by atoms with van der Waals surface area (Å²) in [6, 6.07) is 3.59. The van der Waals surface area contributed by atoms with E-state index >= 15 is 0 Å². The number of halogens is 3. The van der Waals surface area contributed by atoms with Gasteiger partial charge in [0.05, 0.1) is 0 Å². The quantitative estimate of drug-likeness (QED) is 0.689. The van der Waals surface area contributed by atoms with Crippen LogP contribution in [0, 0.1) is 12.3 Å². The molecule has 1 rings (SSSR count). The monoisotopic (exact) mass is 199 g/mol. The predicted molar refractivity (Wildman–Crippen MR) is 47.4 cm³/mol. The van der Waals surface area contributed by atoms with Gasteiger partial charge in [-0.05, 0) is 17.7 Å². The van der Waals surface area contributed by atoms with E-state index in [1.165, 1.54) is 18.2 Å². The molecule has 0 unspecified atom stereocenters. The van der Waals surface area contributed by atoms with Crippen LogP contribution in [0.4, 0.5) is 13.2 Å². The highest BCUT2D eigenvalue weighted by Gasteiger charge is 2.37. The number of nitrogens with two attached hydrogens (primary N) is 1. The van der Waals surface area contributed by atoms with E-state index in [4.69, 9.17) is 12.2 Å². The molecule has 74 valence electrons. The molecule has 0 radical (unpaired) electrons. The van der Waals surface area contributed by atoms with E-state index < -0.39 is 12.2 Å². The summed E-state index contributed by atoms with van der Waals surface area (Å²) < 4.78 is 36.6. The smallest absolute Gasteiger partial charge is 0.316 e. The third-order valence-corrected chi connectivity index (χ3v) is 1.77. The first-order chi connectivity index (χ1) is 6.45. The van der Waals surface area contributed by atoms with E-state index in [1.807, 2.05) is 0 Å². The van der Waals surface area contributed by atoms with Gasteiger partial charge in [0, 0.05) is 5.56 Å². The Morgan fingerprint density at radius 1 is 1.36 bits per heavy atom. The zero-order valence-corrected chi connectivity index (χ0v) is 7.18. The standard InChI is InChI=1S/C10H8F3N/c1-2-7-4-3-5-8(6-7)9(14)10(11,12)13/h1,3-6,9H,14H2/t9-/m1/s1. The molecule has 0 bridgehead atoms. The highest BCUT2D eigenvalue weighted by atomic mass is 19.4. The summed E-state index contributed by atoms with van der Waals surface area (Å²) in [4.78, 5) is 0. The summed E-state index contributed by atoms with van der Waals surface area (Å²) in [6.07, 6.45) is 0.619. The molecule has 1 atom stereocenters. The van der Waals surface area contributed by atoms with E-state index in [0.29, 0.717) is 5.56 Å². The fourth-order valence-corrected chi connectivity index (χ4v) is 1.01. The maximum absolute atomic E-state index is 12.2. The maximum Gasteiger partial charge on any atom is 0.407 e. The molecule has 0 aromatic heterocycles. The average molecular weight is 199 g/mol. The van der Waals surface area contributed by atoms with Gasteiger partial charge >= 0.3 is 6.18 Å². The van der Waals surface area contributed by atoms with Crippen LogP contribution >= 0.6 is 0 Å². The highest BCUT2D eigenvalue weighted by molar-refractivity contribution is 5.36. The Labute approximate surface area is 79.7 Å². The summed E-state index contributed by atoms with van der Waals surface area (Å²) >= 11 is 0. The molecule has 2 N–H and O–H groups in total. The van der Waals surface area contributed by atoms with E-state index in [-0.39, 0.29) is 5.56 Å². The number of rotatable bonds is 1. The van der Waals surface area contributed by atoms with Crippen LogP contribution < -0.4 is 5.73 Å². The van der Waals surface area contributed by atoms with Crippen molar-refractivity contribution in [3.63, 3.8) is 0 Å². The predicted octanol–water partition coefficient (Wildman–Crippen LogP) is 2.23. The van der Waals surface area contributed by atoms with E-state index in [0.717, 1.165) is 0 Å². The average Bonchev–Trinajstić information content (AvgIpc) is 2.15. The van der Waals surface area contributed by atoms with Gasteiger partial charge in [0.15, 0.2) is 0 Å². The van der Waals surface area contributed by atoms with Gasteiger partial charge < -0.3 is 5.73 Å². The van der Waals surface area contributed by atoms with Crippen LogP contribution in [0.5, 0.6) is 0 Å². The first kappa shape index (κ1) is 10.6. The third-order valence-electron chi connectivity index (χ3n) is 1.77. The highest BCUT2D eigenvalue weighted by Crippen LogP contribution is 2.30. The van der Waals surface area contributed by atoms with Crippen LogP contribution in [0.1, 0.15) is 17.2 Å². The van der Waals surface area contributed by atoms with Crippen LogP contribution in [0.3, 0.4) is 0 Å². The minimum absolute atomic E-state index is 0.0204. The molecule has 0 aliphatic carbocycles. The molecule has 0 spiro atoms. The molecule has 1 nitrogen and oxygen atoms in total. The normalized spacial score (nSPS) is 13.4. The fourth-order valence-electron chi connectivity index (χ4n) is 1.01. The van der Waals surface area contributed by atoms with Gasteiger partial charge in [0.25, 0.3) is 0 Å². The summed E-state index contributed by atoms with van der Waals surface area (Å²) in [6.45, 7) is 0. The second-order valence-corrected chi connectivity index (χ2v) is 2.79. The Morgan fingerprint density at radius 2 is 2.00 bits per heavy atom. The lowest BCUT2D eigenvalue weighted by Gasteiger charge is -2.15. The van der Waals surface area contributed by atoms with E-state index in [9.17, 15) is 13.2 Å². The number of alkyl halides is 3. The third kappa shape index (κ3) is 2.27. The molecule has 0 aliphatic rings. The molecule has 14 heavy (non-hydrogen) atoms. The summed E-state index contributed by atoms with van der Waals surface area (Å²) in [5.41, 5.74) is 5.37. The van der Waals surface area contributed by atoms with Gasteiger partial charge in [-0.25, -0.2) is 0 Å². The van der Waals surface area contributed by atoms with Crippen molar-refractivity contribution in [2.24, 2.45) is 5.73 Å². The lowest BCUT2D eigenvalue weighted by Crippen LogP contribution is -2.28. The molecule has 0 aliphatic heterocycles. The zero-order valence-electron chi connectivity index (χ0n) is 7.18. The Hall–Kier alpha value is -1.47. The van der Waals surface area contributed by atoms with Crippen molar-refractivity contribution in [2.75, 3.05) is 0 Å². The van der Waals surface area contributed by atoms with Crippen LogP contribution in [0.15, 0.2) is 24.3 Å². The van der Waals surface area contributed by atoms with Gasteiger partial charge in [-0.2, -0.15) is 13.2 Å². The van der Waals surface area contributed by atoms with Gasteiger partial charge in [-0.3, -0.25) is 0 Å². The molecule has 0 saturated carbocycles. The van der Waals surface area contributed by atoms with Gasteiger partial charge in [0.2, 0.25) is 0 Å². The van der Waals surface area contributed by atoms with Crippen LogP contribution in [-0.4, -0.2) is 6.18 Å². The zero-order chi connectivity index (χ0) is 10.8. The molecule has 1 aromatic carbocycles. The van der Waals surface area contributed by atoms with Crippen molar-refractivity contribution >= 4 is 0 Å². The minimum Gasteiger partial charge on any atom is -0.316 e. The molecule has 0 amide bonds. The minimum atomic E-state index is -4.44. The number of terminal acetylenes is 1. The van der Waals surface area contributed by atoms with E-state index in [1.54, 1.807) is 6.07 Å². The van der Waals surface area contributed by atoms with E-state index in [2.05, 4.69) is 5.92 Å². The topological polar surface area (TPSA) is 26.0 Å². The van der Waals surface area contributed by atoms with Crippen LogP contribution in [0.25, 0.3) is 0 Å². The van der Waals surface area contributed by atoms with Crippen molar-refractivity contribution in [1.82, 2.24) is 0 Å². The van der Waals surface area contributed by atoms with Crippen LogP contribution in [0.2, 0.25) is 0 Å². The number of benzene rings is 1. The molecule has 0 heterocycles. The summed E-state index contributed by atoms with van der Waals surface area (Å²) in [7, 11) is 0. The molecule has 4 heteroatoms. The molecular weight excluding hydrogens is 191 g/mol. The SMILES string of the molecule is C#Cc1cccc([C@@H](N)C(F)(F)F)c1. The van der Waals surface area contributed by atoms with Crippen molar-refractivity contribution in [3.05, 3.63) is 35.4 Å². The largest absolute Gasteiger partial charge is 0.407 e. The number of hydrogen-bond donors (Lipinski definition) is 1. The maximum atomic E-state index is 12.2. The van der Waals surface area contributed by atoms with Gasteiger partial charge in [-0.1, -0.05) is 18.1 Å². The second-order valence-electron chi connectivity index (χ2n) is 2.79. The van der Waals surface area contributed by atoms with Crippen molar-refractivity contribution in [3.8, 4) is 12.3 Å². The second kappa shape index (κ2) is 3.72. The fraction of sp³-hybridized carbons (Fsp3) is 0.200. The lowest BCUT2D eigenvalue weighted by molar-refractivity contribution is -0.149. The Bertz CT molecular complexity index is 362. The van der Waals surface area contributed by atoms with Crippen LogP contribution in [-0.2, 0) is 0 Å². The van der Waals surface area contributed by atoms with Crippen molar-refractivity contribution in [1.29, 1.82) is 0 Å². The lowest BCUT2D eigenvalue weighted by atomic mass is 10.0. The Balaban J connectivity index is 3.03. The first-order valence-corrected chi connectivity index (χ1v) is 3.84. The van der Waals surface area contributed by atoms with Crippen molar-refractivity contribution in [2.45, 2.75) is 12.2 Å². The van der Waals surface area contributed by atoms with Gasteiger partial charge in [0.1, 0.15) is 6.04 Å². The Morgan fingerprint density at radius 3 is 2.50 bits per heavy atom. The number of hydrogen-bond acceptors (Lipinski definition) is 1. The summed E-state index contributed by atoms with van der Waals surface area (Å²) in [5.74, 6) is 2.25. The Kier molecular flexibility index (Phi) is 2.82. The van der Waals surface area contributed by atoms with Crippen molar-refractivity contribution < 1.29 is 13.2 Å². The molecule has 1 aromatic rings. The molecular formula is C10H8F3N. The molecule has 0 saturated heterocycles. The summed E-state index contributed by atoms with van der Waals surface area (Å²) in [5, 5.41) is 0. The molecule has 0 fully saturated rings. The first-order valence-electron chi connectivity index (χ1n) is 3.84. The van der Waals surface area contributed by atoms with Gasteiger partial charge in [-0.15, -0.1) is 6.42 Å².